The molecule has 1 saturated carbocycles. The fraction of sp³-hybridized carbons (Fsp3) is 0.250. The van der Waals surface area contributed by atoms with E-state index >= 15 is 0 Å². The summed E-state index contributed by atoms with van der Waals surface area (Å²) in [4.78, 5) is 18.3. The van der Waals surface area contributed by atoms with E-state index in [9.17, 15) is 4.79 Å². The van der Waals surface area contributed by atoms with Gasteiger partial charge in [-0.2, -0.15) is 9.78 Å². The van der Waals surface area contributed by atoms with Crippen molar-refractivity contribution in [3.63, 3.8) is 0 Å². The molecular formula is C28H26BrN3O2. The number of benzene rings is 3. The minimum absolute atomic E-state index is 0.133. The van der Waals surface area contributed by atoms with Gasteiger partial charge in [0, 0.05) is 10.4 Å². The quantitative estimate of drug-likeness (QED) is 0.269. The van der Waals surface area contributed by atoms with E-state index in [-0.39, 0.29) is 11.5 Å². The standard InChI is InChI=1S/C28H26BrN3O2/c29-23-13-16-26-25(17-23)28(33)32(27(31-26)22-9-5-2-6-10-22)30-18-20-11-14-24(15-12-20)34-19-21-7-3-1-4-8-21/h1,3-4,7-8,11-18,22H,2,5-6,9-10,19H2. The van der Waals surface area contributed by atoms with Gasteiger partial charge in [0.2, 0.25) is 0 Å². The van der Waals surface area contributed by atoms with Crippen molar-refractivity contribution in [3.8, 4) is 5.75 Å². The largest absolute Gasteiger partial charge is 0.489 e. The van der Waals surface area contributed by atoms with Gasteiger partial charge in [0.1, 0.15) is 18.2 Å². The number of ether oxygens (including phenoxy) is 1. The highest BCUT2D eigenvalue weighted by molar-refractivity contribution is 9.10. The first-order chi connectivity index (χ1) is 16.7. The Kier molecular flexibility index (Phi) is 6.86. The zero-order valence-electron chi connectivity index (χ0n) is 18.9. The Labute approximate surface area is 207 Å². The molecule has 0 spiro atoms. The summed E-state index contributed by atoms with van der Waals surface area (Å²) in [5.74, 6) is 1.80. The first kappa shape index (κ1) is 22.5. The summed E-state index contributed by atoms with van der Waals surface area (Å²) in [6, 6.07) is 23.5. The molecule has 1 fully saturated rings. The smallest absolute Gasteiger partial charge is 0.282 e. The van der Waals surface area contributed by atoms with E-state index in [1.165, 1.54) is 11.1 Å². The summed E-state index contributed by atoms with van der Waals surface area (Å²) in [6.45, 7) is 0.521. The van der Waals surface area contributed by atoms with E-state index in [0.29, 0.717) is 12.0 Å². The molecule has 1 aliphatic carbocycles. The Bertz CT molecular complexity index is 1360. The minimum atomic E-state index is -0.133. The average Bonchev–Trinajstić information content (AvgIpc) is 2.89. The van der Waals surface area contributed by atoms with Crippen molar-refractivity contribution in [2.75, 3.05) is 0 Å². The number of halogens is 1. The van der Waals surface area contributed by atoms with Crippen LogP contribution in [-0.4, -0.2) is 15.9 Å². The van der Waals surface area contributed by atoms with Crippen LogP contribution in [0.1, 0.15) is 55.0 Å². The van der Waals surface area contributed by atoms with Crippen LogP contribution < -0.4 is 10.3 Å². The van der Waals surface area contributed by atoms with Gasteiger partial charge in [0.05, 0.1) is 17.1 Å². The lowest BCUT2D eigenvalue weighted by Crippen LogP contribution is -2.25. The van der Waals surface area contributed by atoms with Crippen LogP contribution in [0.5, 0.6) is 5.75 Å². The highest BCUT2D eigenvalue weighted by Crippen LogP contribution is 2.32. The molecule has 6 heteroatoms. The molecule has 0 atom stereocenters. The van der Waals surface area contributed by atoms with Crippen molar-refractivity contribution in [1.82, 2.24) is 9.66 Å². The Balaban J connectivity index is 1.42. The number of hydrogen-bond donors (Lipinski definition) is 0. The maximum Gasteiger partial charge on any atom is 0.282 e. The van der Waals surface area contributed by atoms with Gasteiger partial charge >= 0.3 is 0 Å². The van der Waals surface area contributed by atoms with Crippen LogP contribution in [-0.2, 0) is 6.61 Å². The number of aromatic nitrogens is 2. The lowest BCUT2D eigenvalue weighted by Gasteiger charge is -2.22. The molecule has 1 aliphatic rings. The molecule has 0 unspecified atom stereocenters. The lowest BCUT2D eigenvalue weighted by atomic mass is 9.88. The second kappa shape index (κ2) is 10.3. The fourth-order valence-electron chi connectivity index (χ4n) is 4.42. The molecular weight excluding hydrogens is 490 g/mol. The van der Waals surface area contributed by atoms with Gasteiger partial charge in [0.15, 0.2) is 0 Å². The third-order valence-electron chi connectivity index (χ3n) is 6.25. The number of rotatable bonds is 6. The van der Waals surface area contributed by atoms with E-state index < -0.39 is 0 Å². The lowest BCUT2D eigenvalue weighted by molar-refractivity contribution is 0.306. The van der Waals surface area contributed by atoms with Crippen molar-refractivity contribution in [2.45, 2.75) is 44.6 Å². The molecule has 0 amide bonds. The Morgan fingerprint density at radius 2 is 1.76 bits per heavy atom. The van der Waals surface area contributed by atoms with Gasteiger partial charge in [0.25, 0.3) is 5.56 Å². The van der Waals surface area contributed by atoms with E-state index in [0.717, 1.165) is 58.4 Å². The Hall–Kier alpha value is -3.25. The van der Waals surface area contributed by atoms with Crippen LogP contribution in [0.15, 0.2) is 87.2 Å². The first-order valence-corrected chi connectivity index (χ1v) is 12.5. The zero-order chi connectivity index (χ0) is 23.3. The minimum Gasteiger partial charge on any atom is -0.489 e. The van der Waals surface area contributed by atoms with Gasteiger partial charge in [-0.25, -0.2) is 4.98 Å². The predicted octanol–water partition coefficient (Wildman–Crippen LogP) is 6.67. The maximum atomic E-state index is 13.4. The molecule has 0 radical (unpaired) electrons. The van der Waals surface area contributed by atoms with Crippen LogP contribution >= 0.6 is 15.9 Å². The molecule has 5 nitrogen and oxygen atoms in total. The monoisotopic (exact) mass is 515 g/mol. The molecule has 0 N–H and O–H groups in total. The van der Waals surface area contributed by atoms with E-state index in [4.69, 9.17) is 9.72 Å². The van der Waals surface area contributed by atoms with Gasteiger partial charge in [-0.15, -0.1) is 0 Å². The highest BCUT2D eigenvalue weighted by Gasteiger charge is 2.22. The third kappa shape index (κ3) is 5.12. The number of nitrogens with zero attached hydrogens (tertiary/aromatic N) is 3. The molecule has 0 saturated heterocycles. The van der Waals surface area contributed by atoms with Crippen molar-refractivity contribution < 1.29 is 4.74 Å². The van der Waals surface area contributed by atoms with Crippen LogP contribution in [0, 0.1) is 0 Å². The van der Waals surface area contributed by atoms with Gasteiger partial charge in [-0.05, 0) is 66.4 Å². The third-order valence-corrected chi connectivity index (χ3v) is 6.75. The second-order valence-electron chi connectivity index (χ2n) is 8.67. The molecule has 5 rings (SSSR count). The summed E-state index contributed by atoms with van der Waals surface area (Å²) in [6.07, 6.45) is 7.36. The van der Waals surface area contributed by atoms with Crippen molar-refractivity contribution in [3.05, 3.63) is 105 Å². The molecule has 172 valence electrons. The number of hydrogen-bond acceptors (Lipinski definition) is 4. The van der Waals surface area contributed by atoms with Crippen molar-refractivity contribution >= 4 is 33.0 Å². The van der Waals surface area contributed by atoms with E-state index in [1.807, 2.05) is 72.8 Å². The van der Waals surface area contributed by atoms with Gasteiger partial charge in [-0.1, -0.05) is 65.5 Å². The van der Waals surface area contributed by atoms with Crippen LogP contribution in [0.3, 0.4) is 0 Å². The molecule has 4 aromatic rings. The molecule has 0 bridgehead atoms. The van der Waals surface area contributed by atoms with Crippen molar-refractivity contribution in [1.29, 1.82) is 0 Å². The summed E-state index contributed by atoms with van der Waals surface area (Å²) < 4.78 is 8.23. The summed E-state index contributed by atoms with van der Waals surface area (Å²) in [5.41, 5.74) is 2.60. The molecule has 3 aromatic carbocycles. The van der Waals surface area contributed by atoms with Gasteiger partial charge in [-0.3, -0.25) is 4.79 Å². The van der Waals surface area contributed by atoms with Crippen LogP contribution in [0.4, 0.5) is 0 Å². The average molecular weight is 516 g/mol. The SMILES string of the molecule is O=c1c2cc(Br)ccc2nc(C2CCCCC2)n1N=Cc1ccc(OCc2ccccc2)cc1. The molecule has 34 heavy (non-hydrogen) atoms. The fourth-order valence-corrected chi connectivity index (χ4v) is 4.78. The van der Waals surface area contributed by atoms with Gasteiger partial charge < -0.3 is 4.74 Å². The Morgan fingerprint density at radius 3 is 2.53 bits per heavy atom. The molecule has 1 aromatic heterocycles. The Morgan fingerprint density at radius 1 is 1.00 bits per heavy atom. The molecule has 1 heterocycles. The van der Waals surface area contributed by atoms with E-state index in [1.54, 1.807) is 6.21 Å². The zero-order valence-corrected chi connectivity index (χ0v) is 20.4. The normalized spacial score (nSPS) is 14.6. The summed E-state index contributed by atoms with van der Waals surface area (Å²) >= 11 is 3.47. The summed E-state index contributed by atoms with van der Waals surface area (Å²) in [5, 5.41) is 5.18. The van der Waals surface area contributed by atoms with Crippen molar-refractivity contribution in [2.24, 2.45) is 5.10 Å². The molecule has 0 aliphatic heterocycles. The second-order valence-corrected chi connectivity index (χ2v) is 9.59. The summed E-state index contributed by atoms with van der Waals surface area (Å²) in [7, 11) is 0. The highest BCUT2D eigenvalue weighted by atomic mass is 79.9. The topological polar surface area (TPSA) is 56.5 Å². The van der Waals surface area contributed by atoms with Crippen LogP contribution in [0.25, 0.3) is 10.9 Å². The van der Waals surface area contributed by atoms with E-state index in [2.05, 4.69) is 21.0 Å². The first-order valence-electron chi connectivity index (χ1n) is 11.7. The van der Waals surface area contributed by atoms with Crippen LogP contribution in [0.2, 0.25) is 0 Å². The maximum absolute atomic E-state index is 13.4. The number of fused-ring (bicyclic) bond motifs is 1. The predicted molar refractivity (Wildman–Crippen MR) is 140 cm³/mol.